The summed E-state index contributed by atoms with van der Waals surface area (Å²) in [5.41, 5.74) is 1.69. The van der Waals surface area contributed by atoms with E-state index < -0.39 is 23.6 Å². The predicted molar refractivity (Wildman–Crippen MR) is 124 cm³/mol. The molecule has 0 saturated heterocycles. The molecule has 1 aliphatic heterocycles. The Hall–Kier alpha value is -4.54. The third kappa shape index (κ3) is 4.54. The number of pyridine rings is 1. The molecular formula is C25H19F3N4O4. The molecular weight excluding hydrogens is 477 g/mol. The SMILES string of the molecule is Cn1cc(-c2cn(-c3ccc(OC(F)(F)F)cc3)c(=O)c3c2OCC(=O)N3Cc2ccccc2)cn1. The van der Waals surface area contributed by atoms with Gasteiger partial charge >= 0.3 is 6.36 Å². The molecule has 0 bridgehead atoms. The second-order valence-electron chi connectivity index (χ2n) is 8.09. The van der Waals surface area contributed by atoms with Crippen LogP contribution < -0.4 is 19.9 Å². The maximum Gasteiger partial charge on any atom is 0.573 e. The maximum absolute atomic E-state index is 13.7. The summed E-state index contributed by atoms with van der Waals surface area (Å²) in [4.78, 5) is 28.0. The number of nitrogens with zero attached hydrogens (tertiary/aromatic N) is 4. The van der Waals surface area contributed by atoms with Gasteiger partial charge in [-0.1, -0.05) is 30.3 Å². The van der Waals surface area contributed by atoms with Crippen LogP contribution in [-0.2, 0) is 18.4 Å². The number of aromatic nitrogens is 3. The Morgan fingerprint density at radius 3 is 2.39 bits per heavy atom. The third-order valence-electron chi connectivity index (χ3n) is 5.60. The average molecular weight is 496 g/mol. The van der Waals surface area contributed by atoms with Gasteiger partial charge in [0, 0.05) is 36.3 Å². The lowest BCUT2D eigenvalue weighted by Gasteiger charge is -2.30. The van der Waals surface area contributed by atoms with Crippen LogP contribution in [0.25, 0.3) is 16.8 Å². The van der Waals surface area contributed by atoms with Crippen molar-refractivity contribution < 1.29 is 27.4 Å². The van der Waals surface area contributed by atoms with Gasteiger partial charge in [-0.15, -0.1) is 13.2 Å². The average Bonchev–Trinajstić information content (AvgIpc) is 3.27. The van der Waals surface area contributed by atoms with E-state index in [1.54, 1.807) is 24.1 Å². The summed E-state index contributed by atoms with van der Waals surface area (Å²) in [6, 6.07) is 14.1. The van der Waals surface area contributed by atoms with Gasteiger partial charge in [0.05, 0.1) is 12.7 Å². The number of fused-ring (bicyclic) bond motifs is 1. The lowest BCUT2D eigenvalue weighted by atomic mass is 10.1. The molecule has 36 heavy (non-hydrogen) atoms. The van der Waals surface area contributed by atoms with Crippen LogP contribution in [-0.4, -0.2) is 33.2 Å². The molecule has 0 radical (unpaired) electrons. The number of amides is 1. The van der Waals surface area contributed by atoms with Crippen LogP contribution >= 0.6 is 0 Å². The molecule has 1 aliphatic rings. The van der Waals surface area contributed by atoms with Crippen molar-refractivity contribution in [2.24, 2.45) is 7.05 Å². The molecule has 0 fully saturated rings. The Morgan fingerprint density at radius 2 is 1.75 bits per heavy atom. The zero-order valence-corrected chi connectivity index (χ0v) is 18.9. The molecule has 2 aromatic carbocycles. The maximum atomic E-state index is 13.7. The number of anilines is 1. The fourth-order valence-electron chi connectivity index (χ4n) is 4.01. The number of alkyl halides is 3. The van der Waals surface area contributed by atoms with E-state index in [1.807, 2.05) is 30.3 Å². The Balaban J connectivity index is 1.67. The van der Waals surface area contributed by atoms with Crippen molar-refractivity contribution in [1.82, 2.24) is 14.3 Å². The van der Waals surface area contributed by atoms with E-state index in [-0.39, 0.29) is 30.3 Å². The summed E-state index contributed by atoms with van der Waals surface area (Å²) in [5, 5.41) is 4.18. The molecule has 184 valence electrons. The molecule has 0 spiro atoms. The van der Waals surface area contributed by atoms with Crippen molar-refractivity contribution in [3.05, 3.63) is 89.1 Å². The number of benzene rings is 2. The van der Waals surface area contributed by atoms with Crippen molar-refractivity contribution in [3.63, 3.8) is 0 Å². The molecule has 5 rings (SSSR count). The second-order valence-corrected chi connectivity index (χ2v) is 8.09. The molecule has 0 N–H and O–H groups in total. The number of hydrogen-bond donors (Lipinski definition) is 0. The first-order valence-corrected chi connectivity index (χ1v) is 10.8. The molecule has 0 atom stereocenters. The normalized spacial score (nSPS) is 13.3. The molecule has 0 aliphatic carbocycles. The number of hydrogen-bond acceptors (Lipinski definition) is 5. The molecule has 0 saturated carbocycles. The summed E-state index contributed by atoms with van der Waals surface area (Å²) < 4.78 is 50.3. The van der Waals surface area contributed by atoms with Gasteiger partial charge in [0.2, 0.25) is 0 Å². The van der Waals surface area contributed by atoms with Crippen LogP contribution in [0.4, 0.5) is 18.9 Å². The van der Waals surface area contributed by atoms with Crippen molar-refractivity contribution >= 4 is 11.6 Å². The Morgan fingerprint density at radius 1 is 1.03 bits per heavy atom. The van der Waals surface area contributed by atoms with Gasteiger partial charge in [0.25, 0.3) is 11.5 Å². The number of aryl methyl sites for hydroxylation is 1. The van der Waals surface area contributed by atoms with Crippen molar-refractivity contribution in [1.29, 1.82) is 0 Å². The Bertz CT molecular complexity index is 1480. The lowest BCUT2D eigenvalue weighted by Crippen LogP contribution is -2.43. The number of rotatable bonds is 5. The van der Waals surface area contributed by atoms with Crippen LogP contribution in [0.5, 0.6) is 11.5 Å². The number of carbonyl (C=O) groups excluding carboxylic acids is 1. The summed E-state index contributed by atoms with van der Waals surface area (Å²) in [6.45, 7) is -0.111. The zero-order valence-electron chi connectivity index (χ0n) is 18.9. The monoisotopic (exact) mass is 496 g/mol. The summed E-state index contributed by atoms with van der Waals surface area (Å²) in [6.07, 6.45) is -0.000365. The van der Waals surface area contributed by atoms with E-state index in [0.717, 1.165) is 17.7 Å². The van der Waals surface area contributed by atoms with Gasteiger partial charge in [-0.2, -0.15) is 5.10 Å². The fourth-order valence-corrected chi connectivity index (χ4v) is 4.01. The minimum atomic E-state index is -4.84. The minimum Gasteiger partial charge on any atom is -0.481 e. The molecule has 11 heteroatoms. The first-order chi connectivity index (χ1) is 17.2. The summed E-state index contributed by atoms with van der Waals surface area (Å²) in [5.74, 6) is -0.585. The number of carbonyl (C=O) groups is 1. The topological polar surface area (TPSA) is 78.6 Å². The van der Waals surface area contributed by atoms with Crippen LogP contribution in [0.2, 0.25) is 0 Å². The molecule has 8 nitrogen and oxygen atoms in total. The lowest BCUT2D eigenvalue weighted by molar-refractivity contribution is -0.274. The number of ether oxygens (including phenoxy) is 2. The van der Waals surface area contributed by atoms with E-state index in [0.29, 0.717) is 11.1 Å². The molecule has 1 amide bonds. The predicted octanol–water partition coefficient (Wildman–Crippen LogP) is 4.06. The van der Waals surface area contributed by atoms with Crippen LogP contribution in [0.3, 0.4) is 0 Å². The highest BCUT2D eigenvalue weighted by Crippen LogP contribution is 2.39. The van der Waals surface area contributed by atoms with E-state index in [2.05, 4.69) is 9.84 Å². The zero-order chi connectivity index (χ0) is 25.4. The smallest absolute Gasteiger partial charge is 0.481 e. The van der Waals surface area contributed by atoms with Crippen LogP contribution in [0, 0.1) is 0 Å². The van der Waals surface area contributed by atoms with E-state index >= 15 is 0 Å². The quantitative estimate of drug-likeness (QED) is 0.417. The summed E-state index contributed by atoms with van der Waals surface area (Å²) in [7, 11) is 1.73. The van der Waals surface area contributed by atoms with Gasteiger partial charge in [-0.3, -0.25) is 23.7 Å². The highest BCUT2D eigenvalue weighted by molar-refractivity contribution is 5.99. The van der Waals surface area contributed by atoms with E-state index in [9.17, 15) is 22.8 Å². The van der Waals surface area contributed by atoms with Gasteiger partial charge in [-0.05, 0) is 29.8 Å². The van der Waals surface area contributed by atoms with E-state index in [4.69, 9.17) is 4.74 Å². The van der Waals surface area contributed by atoms with Crippen molar-refractivity contribution in [2.75, 3.05) is 11.5 Å². The first kappa shape index (κ1) is 23.2. The van der Waals surface area contributed by atoms with E-state index in [1.165, 1.54) is 27.8 Å². The fraction of sp³-hybridized carbons (Fsp3) is 0.160. The minimum absolute atomic E-state index is 0.0343. The summed E-state index contributed by atoms with van der Waals surface area (Å²) >= 11 is 0. The number of halogens is 3. The highest BCUT2D eigenvalue weighted by atomic mass is 19.4. The molecule has 4 aromatic rings. The van der Waals surface area contributed by atoms with Gasteiger partial charge < -0.3 is 9.47 Å². The molecule has 2 aromatic heterocycles. The van der Waals surface area contributed by atoms with Gasteiger partial charge in [0.1, 0.15) is 5.75 Å². The second kappa shape index (κ2) is 8.91. The van der Waals surface area contributed by atoms with Gasteiger partial charge in [-0.25, -0.2) is 0 Å². The Kier molecular flexibility index (Phi) is 5.75. The van der Waals surface area contributed by atoms with Crippen LogP contribution in [0.1, 0.15) is 5.56 Å². The van der Waals surface area contributed by atoms with Crippen molar-refractivity contribution in [3.8, 4) is 28.3 Å². The largest absolute Gasteiger partial charge is 0.573 e. The third-order valence-corrected chi connectivity index (χ3v) is 5.60. The van der Waals surface area contributed by atoms with Crippen molar-refractivity contribution in [2.45, 2.75) is 12.9 Å². The van der Waals surface area contributed by atoms with Crippen LogP contribution in [0.15, 0.2) is 78.0 Å². The molecule has 3 heterocycles. The standard InChI is InChI=1S/C25H19F3N4O4/c1-30-13-17(11-29-30)20-14-31(18-7-9-19(10-8-18)36-25(26,27)28)24(34)22-23(20)35-15-21(33)32(22)12-16-5-3-2-4-6-16/h2-11,13-14H,12,15H2,1H3. The molecule has 0 unspecified atom stereocenters. The highest BCUT2D eigenvalue weighted by Gasteiger charge is 2.33. The first-order valence-electron chi connectivity index (χ1n) is 10.8. The Labute approximate surface area is 202 Å². The van der Waals surface area contributed by atoms with Gasteiger partial charge in [0.15, 0.2) is 18.0 Å².